The third-order valence-electron chi connectivity index (χ3n) is 2.30. The van der Waals surface area contributed by atoms with Crippen molar-refractivity contribution in [2.75, 3.05) is 5.32 Å². The number of hydrogen-bond acceptors (Lipinski definition) is 2. The fourth-order valence-electron chi connectivity index (χ4n) is 1.41. The van der Waals surface area contributed by atoms with Crippen LogP contribution >= 0.6 is 0 Å². The average molecular weight is 245 g/mol. The van der Waals surface area contributed by atoms with Crippen LogP contribution in [-0.4, -0.2) is 6.09 Å². The number of carbonyl (C=O) groups excluding carboxylic acids is 1. The maximum atomic E-state index is 12.6. The van der Waals surface area contributed by atoms with E-state index in [-0.39, 0.29) is 12.4 Å². The predicted octanol–water partition coefficient (Wildman–Crippen LogP) is 3.57. The molecule has 4 heteroatoms. The third-order valence-corrected chi connectivity index (χ3v) is 2.30. The second kappa shape index (κ2) is 5.82. The van der Waals surface area contributed by atoms with Crippen LogP contribution in [-0.2, 0) is 11.3 Å². The Kier molecular flexibility index (Phi) is 3.91. The molecule has 0 unspecified atom stereocenters. The quantitative estimate of drug-likeness (QED) is 0.897. The van der Waals surface area contributed by atoms with Gasteiger partial charge in [-0.1, -0.05) is 30.3 Å². The Morgan fingerprint density at radius 2 is 1.72 bits per heavy atom. The van der Waals surface area contributed by atoms with Gasteiger partial charge in [0, 0.05) is 5.69 Å². The largest absolute Gasteiger partial charge is 0.444 e. The van der Waals surface area contributed by atoms with E-state index < -0.39 is 6.09 Å². The normalized spacial score (nSPS) is 9.83. The molecule has 92 valence electrons. The Morgan fingerprint density at radius 1 is 1.06 bits per heavy atom. The molecule has 0 aromatic heterocycles. The SMILES string of the molecule is O=C(Nc1ccc(F)cc1)OCc1ccccc1. The number of carbonyl (C=O) groups is 1. The lowest BCUT2D eigenvalue weighted by Crippen LogP contribution is -2.13. The van der Waals surface area contributed by atoms with E-state index in [0.29, 0.717) is 5.69 Å². The Bertz CT molecular complexity index is 511. The molecule has 0 spiro atoms. The highest BCUT2D eigenvalue weighted by atomic mass is 19.1. The van der Waals surface area contributed by atoms with E-state index in [4.69, 9.17) is 4.74 Å². The highest BCUT2D eigenvalue weighted by molar-refractivity contribution is 5.84. The number of rotatable bonds is 3. The van der Waals surface area contributed by atoms with Gasteiger partial charge in [-0.3, -0.25) is 5.32 Å². The van der Waals surface area contributed by atoms with Gasteiger partial charge >= 0.3 is 6.09 Å². The van der Waals surface area contributed by atoms with Crippen LogP contribution < -0.4 is 5.32 Å². The second-order valence-electron chi connectivity index (χ2n) is 3.69. The van der Waals surface area contributed by atoms with E-state index in [9.17, 15) is 9.18 Å². The highest BCUT2D eigenvalue weighted by Crippen LogP contribution is 2.09. The van der Waals surface area contributed by atoms with Gasteiger partial charge in [-0.15, -0.1) is 0 Å². The maximum absolute atomic E-state index is 12.6. The molecule has 0 aliphatic rings. The van der Waals surface area contributed by atoms with Gasteiger partial charge in [0.2, 0.25) is 0 Å². The number of amides is 1. The van der Waals surface area contributed by atoms with Crippen LogP contribution in [0.2, 0.25) is 0 Å². The molecular formula is C14H12FNO2. The van der Waals surface area contributed by atoms with Crippen LogP contribution in [0, 0.1) is 5.82 Å². The predicted molar refractivity (Wildman–Crippen MR) is 66.6 cm³/mol. The van der Waals surface area contributed by atoms with Crippen molar-refractivity contribution in [1.82, 2.24) is 0 Å². The van der Waals surface area contributed by atoms with E-state index in [2.05, 4.69) is 5.32 Å². The van der Waals surface area contributed by atoms with Crippen molar-refractivity contribution in [3.63, 3.8) is 0 Å². The fourth-order valence-corrected chi connectivity index (χ4v) is 1.41. The molecule has 18 heavy (non-hydrogen) atoms. The lowest BCUT2D eigenvalue weighted by molar-refractivity contribution is 0.155. The number of ether oxygens (including phenoxy) is 1. The van der Waals surface area contributed by atoms with Crippen molar-refractivity contribution in [3.8, 4) is 0 Å². The number of nitrogens with one attached hydrogen (secondary N) is 1. The number of anilines is 1. The lowest BCUT2D eigenvalue weighted by Gasteiger charge is -2.06. The Hall–Kier alpha value is -2.36. The van der Waals surface area contributed by atoms with Crippen LogP contribution in [0.3, 0.4) is 0 Å². The van der Waals surface area contributed by atoms with E-state index >= 15 is 0 Å². The zero-order valence-corrected chi connectivity index (χ0v) is 9.60. The molecule has 0 aliphatic carbocycles. The minimum atomic E-state index is -0.564. The van der Waals surface area contributed by atoms with Crippen LogP contribution in [0.25, 0.3) is 0 Å². The molecule has 0 heterocycles. The average Bonchev–Trinajstić information content (AvgIpc) is 2.40. The van der Waals surface area contributed by atoms with Crippen LogP contribution in [0.1, 0.15) is 5.56 Å². The first-order valence-corrected chi connectivity index (χ1v) is 5.47. The van der Waals surface area contributed by atoms with Crippen LogP contribution in [0.4, 0.5) is 14.9 Å². The summed E-state index contributed by atoms with van der Waals surface area (Å²) in [4.78, 5) is 11.4. The zero-order chi connectivity index (χ0) is 12.8. The first-order valence-electron chi connectivity index (χ1n) is 5.47. The summed E-state index contributed by atoms with van der Waals surface area (Å²) >= 11 is 0. The van der Waals surface area contributed by atoms with Gasteiger partial charge in [-0.2, -0.15) is 0 Å². The van der Waals surface area contributed by atoms with Crippen LogP contribution in [0.5, 0.6) is 0 Å². The smallest absolute Gasteiger partial charge is 0.411 e. The summed E-state index contributed by atoms with van der Waals surface area (Å²) in [6.45, 7) is 0.202. The molecule has 1 N–H and O–H groups in total. The molecule has 0 atom stereocenters. The first kappa shape index (κ1) is 12.1. The molecule has 0 fully saturated rings. The van der Waals surface area contributed by atoms with Crippen LogP contribution in [0.15, 0.2) is 54.6 Å². The van der Waals surface area contributed by atoms with Crippen molar-refractivity contribution in [1.29, 1.82) is 0 Å². The molecule has 1 amide bonds. The second-order valence-corrected chi connectivity index (χ2v) is 3.69. The van der Waals surface area contributed by atoms with Gasteiger partial charge in [0.25, 0.3) is 0 Å². The van der Waals surface area contributed by atoms with Crippen molar-refractivity contribution >= 4 is 11.8 Å². The molecule has 2 aromatic rings. The van der Waals surface area contributed by atoms with Gasteiger partial charge in [-0.05, 0) is 29.8 Å². The van der Waals surface area contributed by atoms with Gasteiger partial charge in [0.15, 0.2) is 0 Å². The minimum Gasteiger partial charge on any atom is -0.444 e. The summed E-state index contributed by atoms with van der Waals surface area (Å²) in [5, 5.41) is 2.51. The zero-order valence-electron chi connectivity index (χ0n) is 9.60. The van der Waals surface area contributed by atoms with E-state index in [1.807, 2.05) is 30.3 Å². The highest BCUT2D eigenvalue weighted by Gasteiger charge is 2.03. The molecular weight excluding hydrogens is 233 g/mol. The standard InChI is InChI=1S/C14H12FNO2/c15-12-6-8-13(9-7-12)16-14(17)18-10-11-4-2-1-3-5-11/h1-9H,10H2,(H,16,17). The Balaban J connectivity index is 1.84. The summed E-state index contributed by atoms with van der Waals surface area (Å²) < 4.78 is 17.7. The molecule has 0 saturated carbocycles. The Labute approximate surface area is 104 Å². The lowest BCUT2D eigenvalue weighted by atomic mass is 10.2. The van der Waals surface area contributed by atoms with Crippen molar-refractivity contribution in [3.05, 3.63) is 66.0 Å². The first-order chi connectivity index (χ1) is 8.74. The minimum absolute atomic E-state index is 0.202. The molecule has 0 radical (unpaired) electrons. The summed E-state index contributed by atoms with van der Waals surface area (Å²) in [6, 6.07) is 14.9. The number of benzene rings is 2. The molecule has 0 bridgehead atoms. The molecule has 2 aromatic carbocycles. The maximum Gasteiger partial charge on any atom is 0.411 e. The van der Waals surface area contributed by atoms with Gasteiger partial charge < -0.3 is 4.74 Å². The number of hydrogen-bond donors (Lipinski definition) is 1. The topological polar surface area (TPSA) is 38.3 Å². The summed E-state index contributed by atoms with van der Waals surface area (Å²) in [5.74, 6) is -0.349. The van der Waals surface area contributed by atoms with Crippen molar-refractivity contribution < 1.29 is 13.9 Å². The summed E-state index contributed by atoms with van der Waals surface area (Å²) in [6.07, 6.45) is -0.564. The van der Waals surface area contributed by atoms with Gasteiger partial charge in [-0.25, -0.2) is 9.18 Å². The number of halogens is 1. The monoisotopic (exact) mass is 245 g/mol. The molecule has 3 nitrogen and oxygen atoms in total. The Morgan fingerprint density at radius 3 is 2.39 bits per heavy atom. The summed E-state index contributed by atoms with van der Waals surface area (Å²) in [7, 11) is 0. The molecule has 0 aliphatic heterocycles. The van der Waals surface area contributed by atoms with E-state index in [0.717, 1.165) is 5.56 Å². The van der Waals surface area contributed by atoms with Gasteiger partial charge in [0.05, 0.1) is 0 Å². The van der Waals surface area contributed by atoms with Gasteiger partial charge in [0.1, 0.15) is 12.4 Å². The fraction of sp³-hybridized carbons (Fsp3) is 0.0714. The van der Waals surface area contributed by atoms with E-state index in [1.165, 1.54) is 24.3 Å². The summed E-state index contributed by atoms with van der Waals surface area (Å²) in [5.41, 5.74) is 1.40. The van der Waals surface area contributed by atoms with Crippen molar-refractivity contribution in [2.45, 2.75) is 6.61 Å². The van der Waals surface area contributed by atoms with E-state index in [1.54, 1.807) is 0 Å². The molecule has 0 saturated heterocycles. The molecule has 2 rings (SSSR count). The third kappa shape index (κ3) is 3.59. The van der Waals surface area contributed by atoms with Crippen molar-refractivity contribution in [2.24, 2.45) is 0 Å².